The number of benzene rings is 1. The van der Waals surface area contributed by atoms with Crippen molar-refractivity contribution in [2.75, 3.05) is 0 Å². The number of nitro groups is 1. The number of amides is 1. The number of primary amides is 1. The quantitative estimate of drug-likeness (QED) is 0.579. The van der Waals surface area contributed by atoms with Gasteiger partial charge in [-0.2, -0.15) is 0 Å². The Morgan fingerprint density at radius 3 is 2.60 bits per heavy atom. The molecule has 1 aromatic carbocycles. The Morgan fingerprint density at radius 1 is 1.45 bits per heavy atom. The van der Waals surface area contributed by atoms with Crippen LogP contribution in [-0.4, -0.2) is 23.0 Å². The van der Waals surface area contributed by atoms with Crippen LogP contribution in [0, 0.1) is 10.1 Å². The van der Waals surface area contributed by atoms with Crippen molar-refractivity contribution in [3.8, 4) is 5.75 Å². The van der Waals surface area contributed by atoms with Crippen molar-refractivity contribution in [1.29, 1.82) is 0 Å². The third-order valence-corrected chi connectivity index (χ3v) is 2.66. The molecule has 1 atom stereocenters. The highest BCUT2D eigenvalue weighted by Gasteiger charge is 2.16. The van der Waals surface area contributed by atoms with Crippen molar-refractivity contribution in [2.45, 2.75) is 39.5 Å². The molecule has 1 amide bonds. The van der Waals surface area contributed by atoms with Gasteiger partial charge in [-0.3, -0.25) is 14.9 Å². The molecule has 0 aliphatic rings. The molecule has 1 aromatic rings. The standard InChI is InChI=1S/C13H19N3O4/c1-8(2)15-7-10-6-11(16(18)19)4-5-12(10)20-9(3)13(14)17/h4-6,8-9,15H,7H2,1-3H3,(H2,14,17). The van der Waals surface area contributed by atoms with Crippen LogP contribution in [0.15, 0.2) is 18.2 Å². The Bertz CT molecular complexity index is 502. The van der Waals surface area contributed by atoms with Gasteiger partial charge in [0, 0.05) is 30.3 Å². The van der Waals surface area contributed by atoms with Gasteiger partial charge in [0.25, 0.3) is 11.6 Å². The summed E-state index contributed by atoms with van der Waals surface area (Å²) >= 11 is 0. The summed E-state index contributed by atoms with van der Waals surface area (Å²) in [7, 11) is 0. The van der Waals surface area contributed by atoms with Gasteiger partial charge in [0.2, 0.25) is 0 Å². The maximum Gasteiger partial charge on any atom is 0.270 e. The summed E-state index contributed by atoms with van der Waals surface area (Å²) in [5, 5.41) is 14.0. The topological polar surface area (TPSA) is 107 Å². The molecule has 0 bridgehead atoms. The first-order valence-corrected chi connectivity index (χ1v) is 6.28. The molecule has 0 aliphatic heterocycles. The van der Waals surface area contributed by atoms with Gasteiger partial charge in [-0.1, -0.05) is 13.8 Å². The SMILES string of the molecule is CC(C)NCc1cc([N+](=O)[O-])ccc1OC(C)C(N)=O. The second-order valence-electron chi connectivity index (χ2n) is 4.75. The Labute approximate surface area is 117 Å². The lowest BCUT2D eigenvalue weighted by Crippen LogP contribution is -2.31. The first kappa shape index (κ1) is 15.9. The fraction of sp³-hybridized carbons (Fsp3) is 0.462. The first-order chi connectivity index (χ1) is 9.31. The molecular formula is C13H19N3O4. The number of hydrogen-bond donors (Lipinski definition) is 2. The van der Waals surface area contributed by atoms with E-state index in [9.17, 15) is 14.9 Å². The molecule has 0 radical (unpaired) electrons. The van der Waals surface area contributed by atoms with Crippen molar-refractivity contribution in [3.63, 3.8) is 0 Å². The highest BCUT2D eigenvalue weighted by Crippen LogP contribution is 2.25. The Kier molecular flexibility index (Phi) is 5.45. The third-order valence-electron chi connectivity index (χ3n) is 2.66. The van der Waals surface area contributed by atoms with Crippen molar-refractivity contribution < 1.29 is 14.5 Å². The molecule has 110 valence electrons. The van der Waals surface area contributed by atoms with Crippen LogP contribution in [0.1, 0.15) is 26.3 Å². The molecule has 7 nitrogen and oxygen atoms in total. The number of ether oxygens (including phenoxy) is 1. The molecule has 0 aliphatic carbocycles. The Balaban J connectivity index is 3.01. The minimum atomic E-state index is -0.797. The second-order valence-corrected chi connectivity index (χ2v) is 4.75. The van der Waals surface area contributed by atoms with Gasteiger partial charge in [-0.05, 0) is 13.0 Å². The van der Waals surface area contributed by atoms with E-state index >= 15 is 0 Å². The molecule has 0 heterocycles. The first-order valence-electron chi connectivity index (χ1n) is 6.28. The van der Waals surface area contributed by atoms with E-state index in [0.29, 0.717) is 17.9 Å². The average Bonchev–Trinajstić information content (AvgIpc) is 2.36. The van der Waals surface area contributed by atoms with Crippen molar-refractivity contribution in [3.05, 3.63) is 33.9 Å². The lowest BCUT2D eigenvalue weighted by atomic mass is 10.1. The molecule has 7 heteroatoms. The fourth-order valence-corrected chi connectivity index (χ4v) is 1.50. The van der Waals surface area contributed by atoms with Gasteiger partial charge in [0.15, 0.2) is 6.10 Å². The number of non-ortho nitro benzene ring substituents is 1. The van der Waals surface area contributed by atoms with Crippen LogP contribution in [0.25, 0.3) is 0 Å². The Morgan fingerprint density at radius 2 is 2.10 bits per heavy atom. The number of nitrogens with one attached hydrogen (secondary N) is 1. The summed E-state index contributed by atoms with van der Waals surface area (Å²) in [6, 6.07) is 4.46. The van der Waals surface area contributed by atoms with Gasteiger partial charge < -0.3 is 15.8 Å². The third kappa shape index (κ3) is 4.51. The molecule has 0 saturated heterocycles. The van der Waals surface area contributed by atoms with E-state index in [1.54, 1.807) is 0 Å². The largest absolute Gasteiger partial charge is 0.481 e. The van der Waals surface area contributed by atoms with Gasteiger partial charge in [0.1, 0.15) is 5.75 Å². The van der Waals surface area contributed by atoms with E-state index in [0.717, 1.165) is 0 Å². The number of nitro benzene ring substituents is 1. The highest BCUT2D eigenvalue weighted by atomic mass is 16.6. The number of carbonyl (C=O) groups excluding carboxylic acids is 1. The maximum absolute atomic E-state index is 11.0. The van der Waals surface area contributed by atoms with Crippen LogP contribution in [0.5, 0.6) is 5.75 Å². The van der Waals surface area contributed by atoms with E-state index in [2.05, 4.69) is 5.32 Å². The van der Waals surface area contributed by atoms with Crippen LogP contribution >= 0.6 is 0 Å². The fourth-order valence-electron chi connectivity index (χ4n) is 1.50. The van der Waals surface area contributed by atoms with Gasteiger partial charge >= 0.3 is 0 Å². The van der Waals surface area contributed by atoms with E-state index < -0.39 is 16.9 Å². The van der Waals surface area contributed by atoms with Crippen molar-refractivity contribution >= 4 is 11.6 Å². The van der Waals surface area contributed by atoms with Crippen LogP contribution in [0.2, 0.25) is 0 Å². The molecular weight excluding hydrogens is 262 g/mol. The van der Waals surface area contributed by atoms with Crippen LogP contribution in [0.4, 0.5) is 5.69 Å². The highest BCUT2D eigenvalue weighted by molar-refractivity contribution is 5.78. The van der Waals surface area contributed by atoms with E-state index in [1.165, 1.54) is 25.1 Å². The van der Waals surface area contributed by atoms with E-state index in [4.69, 9.17) is 10.5 Å². The maximum atomic E-state index is 11.0. The molecule has 1 unspecified atom stereocenters. The van der Waals surface area contributed by atoms with E-state index in [-0.39, 0.29) is 11.7 Å². The molecule has 0 fully saturated rings. The number of nitrogens with two attached hydrogens (primary N) is 1. The lowest BCUT2D eigenvalue weighted by molar-refractivity contribution is -0.384. The minimum Gasteiger partial charge on any atom is -0.481 e. The molecule has 0 saturated carbocycles. The molecule has 3 N–H and O–H groups in total. The number of hydrogen-bond acceptors (Lipinski definition) is 5. The molecule has 0 aromatic heterocycles. The summed E-state index contributed by atoms with van der Waals surface area (Å²) in [6.07, 6.45) is -0.797. The summed E-state index contributed by atoms with van der Waals surface area (Å²) < 4.78 is 5.44. The number of rotatable bonds is 7. The summed E-state index contributed by atoms with van der Waals surface area (Å²) in [5.74, 6) is -0.179. The number of carbonyl (C=O) groups is 1. The summed E-state index contributed by atoms with van der Waals surface area (Å²) in [5.41, 5.74) is 5.73. The zero-order valence-electron chi connectivity index (χ0n) is 11.8. The Hall–Kier alpha value is -2.15. The molecule has 20 heavy (non-hydrogen) atoms. The van der Waals surface area contributed by atoms with Crippen LogP contribution in [-0.2, 0) is 11.3 Å². The average molecular weight is 281 g/mol. The number of nitrogens with zero attached hydrogens (tertiary/aromatic N) is 1. The summed E-state index contributed by atoms with van der Waals surface area (Å²) in [4.78, 5) is 21.4. The van der Waals surface area contributed by atoms with Crippen molar-refractivity contribution in [2.24, 2.45) is 5.73 Å². The van der Waals surface area contributed by atoms with Crippen LogP contribution in [0.3, 0.4) is 0 Å². The monoisotopic (exact) mass is 281 g/mol. The predicted molar refractivity (Wildman–Crippen MR) is 74.4 cm³/mol. The molecule has 1 rings (SSSR count). The lowest BCUT2D eigenvalue weighted by Gasteiger charge is -2.16. The minimum absolute atomic E-state index is 0.0235. The van der Waals surface area contributed by atoms with E-state index in [1.807, 2.05) is 13.8 Å². The smallest absolute Gasteiger partial charge is 0.270 e. The predicted octanol–water partition coefficient (Wildman–Crippen LogP) is 1.35. The normalized spacial score (nSPS) is 12.2. The molecule has 0 spiro atoms. The van der Waals surface area contributed by atoms with Crippen molar-refractivity contribution in [1.82, 2.24) is 5.32 Å². The van der Waals surface area contributed by atoms with Gasteiger partial charge in [-0.15, -0.1) is 0 Å². The summed E-state index contributed by atoms with van der Waals surface area (Å²) in [6.45, 7) is 5.86. The zero-order chi connectivity index (χ0) is 15.3. The van der Waals surface area contributed by atoms with Gasteiger partial charge in [-0.25, -0.2) is 0 Å². The zero-order valence-corrected chi connectivity index (χ0v) is 11.8. The second kappa shape index (κ2) is 6.85. The van der Waals surface area contributed by atoms with Gasteiger partial charge in [0.05, 0.1) is 4.92 Å². The van der Waals surface area contributed by atoms with Crippen LogP contribution < -0.4 is 15.8 Å².